The highest BCUT2D eigenvalue weighted by molar-refractivity contribution is 5.95. The van der Waals surface area contributed by atoms with E-state index in [0.29, 0.717) is 17.3 Å². The van der Waals surface area contributed by atoms with E-state index < -0.39 is 0 Å². The lowest BCUT2D eigenvalue weighted by Gasteiger charge is -2.03. The summed E-state index contributed by atoms with van der Waals surface area (Å²) in [6, 6.07) is 7.42. The molecule has 1 aromatic carbocycles. The van der Waals surface area contributed by atoms with Crippen molar-refractivity contribution in [1.82, 2.24) is 5.32 Å². The highest BCUT2D eigenvalue weighted by atomic mass is 16.1. The fraction of sp³-hybridized carbons (Fsp3) is 0.300. The second-order valence-electron chi connectivity index (χ2n) is 3.37. The van der Waals surface area contributed by atoms with Gasteiger partial charge in [-0.05, 0) is 31.0 Å². The van der Waals surface area contributed by atoms with Crippen molar-refractivity contribution in [3.05, 3.63) is 29.8 Å². The van der Waals surface area contributed by atoms with E-state index in [9.17, 15) is 4.79 Å². The molecule has 76 valence electrons. The number of nitrogens with one attached hydrogen (secondary N) is 1. The molecule has 1 amide bonds. The lowest BCUT2D eigenvalue weighted by Crippen LogP contribution is -2.25. The molecule has 2 rings (SSSR count). The molecule has 0 bridgehead atoms. The lowest BCUT2D eigenvalue weighted by molar-refractivity contribution is 0.0951. The Morgan fingerprint density at radius 3 is 2.71 bits per heavy atom. The molecule has 14 heavy (non-hydrogen) atoms. The molecule has 0 aromatic heterocycles. The normalized spacial score (nSPS) is 14.3. The summed E-state index contributed by atoms with van der Waals surface area (Å²) in [4.78, 5) is 11.5. The van der Waals surface area contributed by atoms with Crippen molar-refractivity contribution < 1.29 is 10.3 Å². The first-order chi connectivity index (χ1) is 6.25. The molecule has 1 aliphatic carbocycles. The van der Waals surface area contributed by atoms with E-state index in [2.05, 4.69) is 5.32 Å². The van der Waals surface area contributed by atoms with Crippen LogP contribution in [0.25, 0.3) is 0 Å². The first-order valence-electron chi connectivity index (χ1n) is 4.42. The third-order valence-electron chi connectivity index (χ3n) is 2.06. The van der Waals surface area contributed by atoms with Crippen molar-refractivity contribution in [3.63, 3.8) is 0 Å². The number of nitrogen functional groups attached to an aromatic ring is 1. The molecule has 0 saturated heterocycles. The fourth-order valence-corrected chi connectivity index (χ4v) is 1.18. The molecule has 4 nitrogen and oxygen atoms in total. The van der Waals surface area contributed by atoms with E-state index in [-0.39, 0.29) is 11.4 Å². The van der Waals surface area contributed by atoms with Crippen molar-refractivity contribution in [2.24, 2.45) is 0 Å². The molecule has 0 unspecified atom stereocenters. The number of hydrogen-bond acceptors (Lipinski definition) is 2. The summed E-state index contributed by atoms with van der Waals surface area (Å²) in [5.41, 5.74) is 6.84. The Kier molecular flexibility index (Phi) is 3.09. The third-order valence-corrected chi connectivity index (χ3v) is 2.06. The second-order valence-corrected chi connectivity index (χ2v) is 3.37. The molecule has 0 radical (unpaired) electrons. The summed E-state index contributed by atoms with van der Waals surface area (Å²) in [5, 5.41) is 2.90. The van der Waals surface area contributed by atoms with Crippen LogP contribution < -0.4 is 11.1 Å². The van der Waals surface area contributed by atoms with Crippen molar-refractivity contribution in [1.29, 1.82) is 0 Å². The predicted molar refractivity (Wildman–Crippen MR) is 55.0 cm³/mol. The summed E-state index contributed by atoms with van der Waals surface area (Å²) in [6.07, 6.45) is 2.21. The average molecular weight is 194 g/mol. The zero-order chi connectivity index (χ0) is 9.26. The topological polar surface area (TPSA) is 86.6 Å². The first-order valence-corrected chi connectivity index (χ1v) is 4.42. The Hall–Kier alpha value is -1.55. The van der Waals surface area contributed by atoms with Crippen LogP contribution in [0.15, 0.2) is 24.3 Å². The maximum Gasteiger partial charge on any atom is 0.251 e. The average Bonchev–Trinajstić information content (AvgIpc) is 2.88. The Labute approximate surface area is 82.4 Å². The van der Waals surface area contributed by atoms with E-state index in [0.717, 1.165) is 12.8 Å². The quantitative estimate of drug-likeness (QED) is 0.665. The summed E-state index contributed by atoms with van der Waals surface area (Å²) in [7, 11) is 0. The number of carbonyl (C=O) groups is 1. The first kappa shape index (κ1) is 10.5. The van der Waals surface area contributed by atoms with Crippen molar-refractivity contribution in [2.75, 3.05) is 5.73 Å². The van der Waals surface area contributed by atoms with Crippen LogP contribution in [0.2, 0.25) is 0 Å². The number of amides is 1. The minimum Gasteiger partial charge on any atom is -0.412 e. The van der Waals surface area contributed by atoms with Gasteiger partial charge in [0, 0.05) is 17.3 Å². The van der Waals surface area contributed by atoms with Gasteiger partial charge in [0.05, 0.1) is 0 Å². The van der Waals surface area contributed by atoms with Gasteiger partial charge in [0.2, 0.25) is 0 Å². The van der Waals surface area contributed by atoms with E-state index in [1.54, 1.807) is 24.3 Å². The predicted octanol–water partition coefficient (Wildman–Crippen LogP) is 0.336. The Morgan fingerprint density at radius 1 is 1.43 bits per heavy atom. The van der Waals surface area contributed by atoms with Crippen LogP contribution in [0.5, 0.6) is 0 Å². The zero-order valence-corrected chi connectivity index (χ0v) is 7.79. The van der Waals surface area contributed by atoms with Crippen LogP contribution in [0.1, 0.15) is 23.2 Å². The fourth-order valence-electron chi connectivity index (χ4n) is 1.18. The van der Waals surface area contributed by atoms with E-state index in [1.165, 1.54) is 0 Å². The van der Waals surface area contributed by atoms with Gasteiger partial charge in [-0.25, -0.2) is 0 Å². The second kappa shape index (κ2) is 4.11. The maximum atomic E-state index is 11.5. The molecule has 1 aliphatic rings. The van der Waals surface area contributed by atoms with Gasteiger partial charge in [0.1, 0.15) is 0 Å². The smallest absolute Gasteiger partial charge is 0.251 e. The molecule has 1 aromatic rings. The molecule has 0 aliphatic heterocycles. The Morgan fingerprint density at radius 2 is 2.14 bits per heavy atom. The lowest BCUT2D eigenvalue weighted by atomic mass is 10.2. The number of benzene rings is 1. The molecular formula is C10H14N2O2. The molecule has 0 spiro atoms. The van der Waals surface area contributed by atoms with Crippen molar-refractivity contribution >= 4 is 11.6 Å². The number of carbonyl (C=O) groups excluding carboxylic acids is 1. The number of anilines is 1. The van der Waals surface area contributed by atoms with Gasteiger partial charge in [-0.3, -0.25) is 4.79 Å². The van der Waals surface area contributed by atoms with Gasteiger partial charge in [-0.1, -0.05) is 6.07 Å². The summed E-state index contributed by atoms with van der Waals surface area (Å²) >= 11 is 0. The summed E-state index contributed by atoms with van der Waals surface area (Å²) < 4.78 is 0. The monoisotopic (exact) mass is 194 g/mol. The highest BCUT2D eigenvalue weighted by Crippen LogP contribution is 2.19. The van der Waals surface area contributed by atoms with Crippen LogP contribution in [0.4, 0.5) is 5.69 Å². The van der Waals surface area contributed by atoms with Gasteiger partial charge in [-0.15, -0.1) is 0 Å². The van der Waals surface area contributed by atoms with Gasteiger partial charge in [0.25, 0.3) is 5.91 Å². The van der Waals surface area contributed by atoms with Gasteiger partial charge in [-0.2, -0.15) is 0 Å². The van der Waals surface area contributed by atoms with E-state index in [4.69, 9.17) is 5.73 Å². The van der Waals surface area contributed by atoms with Crippen LogP contribution >= 0.6 is 0 Å². The van der Waals surface area contributed by atoms with Gasteiger partial charge in [0.15, 0.2) is 0 Å². The van der Waals surface area contributed by atoms with Gasteiger partial charge >= 0.3 is 0 Å². The molecule has 1 fully saturated rings. The van der Waals surface area contributed by atoms with Crippen molar-refractivity contribution in [2.45, 2.75) is 18.9 Å². The number of rotatable bonds is 2. The largest absolute Gasteiger partial charge is 0.412 e. The van der Waals surface area contributed by atoms with Crippen LogP contribution in [0.3, 0.4) is 0 Å². The maximum absolute atomic E-state index is 11.5. The SMILES string of the molecule is Nc1cccc(C(=O)NC2CC2)c1.O. The number of hydrogen-bond donors (Lipinski definition) is 2. The number of nitrogens with two attached hydrogens (primary N) is 1. The van der Waals surface area contributed by atoms with Crippen molar-refractivity contribution in [3.8, 4) is 0 Å². The molecular weight excluding hydrogens is 180 g/mol. The molecule has 5 N–H and O–H groups in total. The summed E-state index contributed by atoms with van der Waals surface area (Å²) in [5.74, 6) is -0.0187. The van der Waals surface area contributed by atoms with Gasteiger partial charge < -0.3 is 16.5 Å². The molecule has 1 saturated carbocycles. The van der Waals surface area contributed by atoms with Crippen LogP contribution in [-0.2, 0) is 0 Å². The van der Waals surface area contributed by atoms with E-state index >= 15 is 0 Å². The molecule has 4 heteroatoms. The minimum atomic E-state index is -0.0187. The van der Waals surface area contributed by atoms with Crippen LogP contribution in [-0.4, -0.2) is 17.4 Å². The van der Waals surface area contributed by atoms with E-state index in [1.807, 2.05) is 0 Å². The third kappa shape index (κ3) is 2.47. The Balaban J connectivity index is 0.000000980. The minimum absolute atomic E-state index is 0. The highest BCUT2D eigenvalue weighted by Gasteiger charge is 2.23. The standard InChI is InChI=1S/C10H12N2O.H2O/c11-8-3-1-2-7(6-8)10(13)12-9-4-5-9;/h1-3,6,9H,4-5,11H2,(H,12,13);1H2. The van der Waals surface area contributed by atoms with Crippen LogP contribution in [0, 0.1) is 0 Å². The zero-order valence-electron chi connectivity index (χ0n) is 7.79. The summed E-state index contributed by atoms with van der Waals surface area (Å²) in [6.45, 7) is 0. The molecule has 0 heterocycles. The Bertz CT molecular complexity index is 335. The molecule has 0 atom stereocenters.